The Bertz CT molecular complexity index is 422. The molecule has 2 rings (SSSR count). The zero-order valence-electron chi connectivity index (χ0n) is 11.1. The molecule has 0 bridgehead atoms. The second kappa shape index (κ2) is 6.38. The Kier molecular flexibility index (Phi) is 4.57. The molecule has 19 heavy (non-hydrogen) atoms. The highest BCUT2D eigenvalue weighted by molar-refractivity contribution is 5.96. The van der Waals surface area contributed by atoms with Crippen LogP contribution in [0.4, 0.5) is 0 Å². The van der Waals surface area contributed by atoms with Gasteiger partial charge in [-0.05, 0) is 19.2 Å². The van der Waals surface area contributed by atoms with Crippen LogP contribution in [0.1, 0.15) is 12.2 Å². The van der Waals surface area contributed by atoms with E-state index in [9.17, 15) is 9.59 Å². The Labute approximate surface area is 112 Å². The molecule has 1 saturated heterocycles. The van der Waals surface area contributed by atoms with Crippen molar-refractivity contribution in [2.24, 2.45) is 0 Å². The van der Waals surface area contributed by atoms with E-state index in [4.69, 9.17) is 4.42 Å². The highest BCUT2D eigenvalue weighted by atomic mass is 16.3. The topological polar surface area (TPSA) is 65.8 Å². The number of carbonyl (C=O) groups is 2. The molecule has 0 aliphatic carbocycles. The number of likely N-dealkylation sites (N-methyl/N-ethyl adjacent to an activating group) is 1. The number of carbonyl (C=O) groups excluding carboxylic acids is 2. The zero-order chi connectivity index (χ0) is 13.7. The molecule has 2 amide bonds. The van der Waals surface area contributed by atoms with Gasteiger partial charge in [-0.15, -0.1) is 0 Å². The molecule has 0 spiro atoms. The lowest BCUT2D eigenvalue weighted by Gasteiger charge is -2.32. The summed E-state index contributed by atoms with van der Waals surface area (Å²) >= 11 is 0. The maximum Gasteiger partial charge on any atom is 0.232 e. The standard InChI is InChI=1S/C13H19N3O3/c1-15-4-6-16(7-5-15)13(18)9-12(17)14-10-11-3-2-8-19-11/h2-3,8H,4-7,9-10H2,1H3,(H,14,17). The molecule has 0 unspecified atom stereocenters. The third-order valence-corrected chi connectivity index (χ3v) is 3.21. The molecule has 0 radical (unpaired) electrons. The van der Waals surface area contributed by atoms with Crippen LogP contribution in [-0.2, 0) is 16.1 Å². The number of nitrogens with zero attached hydrogens (tertiary/aromatic N) is 2. The summed E-state index contributed by atoms with van der Waals surface area (Å²) < 4.78 is 5.10. The van der Waals surface area contributed by atoms with Crippen molar-refractivity contribution in [3.63, 3.8) is 0 Å². The summed E-state index contributed by atoms with van der Waals surface area (Å²) in [5.74, 6) is 0.311. The van der Waals surface area contributed by atoms with Gasteiger partial charge in [0.05, 0.1) is 12.8 Å². The fourth-order valence-electron chi connectivity index (χ4n) is 1.97. The first-order valence-electron chi connectivity index (χ1n) is 6.40. The molecular weight excluding hydrogens is 246 g/mol. The molecule has 2 heterocycles. The second-order valence-corrected chi connectivity index (χ2v) is 4.72. The van der Waals surface area contributed by atoms with Crippen molar-refractivity contribution in [3.05, 3.63) is 24.2 Å². The van der Waals surface area contributed by atoms with E-state index in [2.05, 4.69) is 10.2 Å². The summed E-state index contributed by atoms with van der Waals surface area (Å²) in [6.07, 6.45) is 1.46. The Morgan fingerprint density at radius 2 is 2.05 bits per heavy atom. The maximum atomic E-state index is 11.9. The van der Waals surface area contributed by atoms with Crippen molar-refractivity contribution >= 4 is 11.8 Å². The van der Waals surface area contributed by atoms with Crippen molar-refractivity contribution in [1.29, 1.82) is 0 Å². The first-order chi connectivity index (χ1) is 9.15. The molecule has 0 saturated carbocycles. The minimum atomic E-state index is -0.264. The van der Waals surface area contributed by atoms with Gasteiger partial charge in [0.25, 0.3) is 0 Å². The number of amides is 2. The van der Waals surface area contributed by atoms with Gasteiger partial charge in [-0.2, -0.15) is 0 Å². The quantitative estimate of drug-likeness (QED) is 0.782. The van der Waals surface area contributed by atoms with Crippen molar-refractivity contribution in [1.82, 2.24) is 15.1 Å². The minimum absolute atomic E-state index is 0.0928. The van der Waals surface area contributed by atoms with Crippen LogP contribution in [0.5, 0.6) is 0 Å². The number of nitrogens with one attached hydrogen (secondary N) is 1. The van der Waals surface area contributed by atoms with Gasteiger partial charge in [0.15, 0.2) is 0 Å². The van der Waals surface area contributed by atoms with E-state index in [1.807, 2.05) is 7.05 Å². The van der Waals surface area contributed by atoms with Gasteiger partial charge in [0.2, 0.25) is 11.8 Å². The lowest BCUT2D eigenvalue weighted by atomic mass is 10.2. The normalized spacial score (nSPS) is 16.4. The van der Waals surface area contributed by atoms with E-state index in [0.29, 0.717) is 25.4 Å². The number of hydrogen-bond acceptors (Lipinski definition) is 4. The summed E-state index contributed by atoms with van der Waals surface area (Å²) in [6.45, 7) is 3.43. The Hall–Kier alpha value is -1.82. The van der Waals surface area contributed by atoms with Crippen LogP contribution >= 0.6 is 0 Å². The number of rotatable bonds is 4. The van der Waals surface area contributed by atoms with Gasteiger partial charge in [-0.1, -0.05) is 0 Å². The number of piperazine rings is 1. The Morgan fingerprint density at radius 3 is 2.68 bits per heavy atom. The first-order valence-corrected chi connectivity index (χ1v) is 6.40. The van der Waals surface area contributed by atoms with Gasteiger partial charge in [0, 0.05) is 26.2 Å². The smallest absolute Gasteiger partial charge is 0.232 e. The lowest BCUT2D eigenvalue weighted by Crippen LogP contribution is -2.48. The molecule has 6 heteroatoms. The van der Waals surface area contributed by atoms with Gasteiger partial charge in [0.1, 0.15) is 12.2 Å². The molecular formula is C13H19N3O3. The van der Waals surface area contributed by atoms with Crippen LogP contribution in [0.3, 0.4) is 0 Å². The summed E-state index contributed by atoms with van der Waals surface area (Å²) in [4.78, 5) is 27.5. The van der Waals surface area contributed by atoms with Gasteiger partial charge in [-0.3, -0.25) is 9.59 Å². The third kappa shape index (κ3) is 4.10. The van der Waals surface area contributed by atoms with Crippen LogP contribution in [0.25, 0.3) is 0 Å². The Balaban J connectivity index is 1.71. The van der Waals surface area contributed by atoms with Crippen LogP contribution in [0.15, 0.2) is 22.8 Å². The third-order valence-electron chi connectivity index (χ3n) is 3.21. The van der Waals surface area contributed by atoms with Crippen molar-refractivity contribution in [2.45, 2.75) is 13.0 Å². The largest absolute Gasteiger partial charge is 0.467 e. The fourth-order valence-corrected chi connectivity index (χ4v) is 1.97. The molecule has 1 aromatic rings. The van der Waals surface area contributed by atoms with Crippen LogP contribution in [0, 0.1) is 0 Å². The summed E-state index contributed by atoms with van der Waals surface area (Å²) in [7, 11) is 2.03. The van der Waals surface area contributed by atoms with Crippen LogP contribution in [-0.4, -0.2) is 54.8 Å². The van der Waals surface area contributed by atoms with Gasteiger partial charge >= 0.3 is 0 Å². The average Bonchev–Trinajstić information content (AvgIpc) is 2.90. The highest BCUT2D eigenvalue weighted by Crippen LogP contribution is 2.03. The fraction of sp³-hybridized carbons (Fsp3) is 0.538. The van der Waals surface area contributed by atoms with Crippen molar-refractivity contribution in [3.8, 4) is 0 Å². The van der Waals surface area contributed by atoms with E-state index in [-0.39, 0.29) is 18.2 Å². The zero-order valence-corrected chi connectivity index (χ0v) is 11.1. The molecule has 1 N–H and O–H groups in total. The predicted octanol–water partition coefficient (Wildman–Crippen LogP) is 0.0599. The monoisotopic (exact) mass is 265 g/mol. The molecule has 0 atom stereocenters. The molecule has 1 aliphatic rings. The number of furan rings is 1. The molecule has 0 aromatic carbocycles. The second-order valence-electron chi connectivity index (χ2n) is 4.72. The van der Waals surface area contributed by atoms with Gasteiger partial charge < -0.3 is 19.5 Å². The van der Waals surface area contributed by atoms with E-state index in [1.54, 1.807) is 23.3 Å². The SMILES string of the molecule is CN1CCN(C(=O)CC(=O)NCc2ccco2)CC1. The summed E-state index contributed by atoms with van der Waals surface area (Å²) in [6, 6.07) is 3.54. The predicted molar refractivity (Wildman–Crippen MR) is 69.2 cm³/mol. The summed E-state index contributed by atoms with van der Waals surface area (Å²) in [5.41, 5.74) is 0. The Morgan fingerprint density at radius 1 is 1.32 bits per heavy atom. The molecule has 104 valence electrons. The van der Waals surface area contributed by atoms with E-state index in [0.717, 1.165) is 13.1 Å². The van der Waals surface area contributed by atoms with E-state index < -0.39 is 0 Å². The van der Waals surface area contributed by atoms with Crippen molar-refractivity contribution < 1.29 is 14.0 Å². The summed E-state index contributed by atoms with van der Waals surface area (Å²) in [5, 5.41) is 2.67. The number of hydrogen-bond donors (Lipinski definition) is 1. The van der Waals surface area contributed by atoms with Crippen LogP contribution < -0.4 is 5.32 Å². The maximum absolute atomic E-state index is 11.9. The molecule has 1 aromatic heterocycles. The van der Waals surface area contributed by atoms with Crippen molar-refractivity contribution in [2.75, 3.05) is 33.2 Å². The first kappa shape index (κ1) is 13.6. The van der Waals surface area contributed by atoms with E-state index in [1.165, 1.54) is 0 Å². The minimum Gasteiger partial charge on any atom is -0.467 e. The van der Waals surface area contributed by atoms with Gasteiger partial charge in [-0.25, -0.2) is 0 Å². The molecule has 6 nitrogen and oxygen atoms in total. The molecule has 1 fully saturated rings. The molecule has 1 aliphatic heterocycles. The highest BCUT2D eigenvalue weighted by Gasteiger charge is 2.20. The lowest BCUT2D eigenvalue weighted by molar-refractivity contribution is -0.137. The van der Waals surface area contributed by atoms with E-state index >= 15 is 0 Å². The van der Waals surface area contributed by atoms with Crippen LogP contribution in [0.2, 0.25) is 0 Å². The average molecular weight is 265 g/mol.